The average molecular weight is 298 g/mol. The van der Waals surface area contributed by atoms with Crippen molar-refractivity contribution in [3.63, 3.8) is 0 Å². The van der Waals surface area contributed by atoms with Crippen molar-refractivity contribution in [3.05, 3.63) is 24.0 Å². The predicted molar refractivity (Wildman–Crippen MR) is 83.8 cm³/mol. The molecule has 1 saturated carbocycles. The molecular formula is C15H24ClN3O. The van der Waals surface area contributed by atoms with E-state index in [0.717, 1.165) is 24.5 Å². The molecule has 1 heterocycles. The largest absolute Gasteiger partial charge is 0.397 e. The Morgan fingerprint density at radius 1 is 1.45 bits per heavy atom. The van der Waals surface area contributed by atoms with Gasteiger partial charge in [0.25, 0.3) is 0 Å². The van der Waals surface area contributed by atoms with Crippen LogP contribution in [0.25, 0.3) is 0 Å². The Hall–Kier alpha value is -1.29. The van der Waals surface area contributed by atoms with Gasteiger partial charge in [0.2, 0.25) is 5.91 Å². The van der Waals surface area contributed by atoms with E-state index in [0.29, 0.717) is 18.2 Å². The van der Waals surface area contributed by atoms with Crippen LogP contribution in [0.4, 0.5) is 5.69 Å². The first-order chi connectivity index (χ1) is 9.06. The third kappa shape index (κ3) is 4.37. The van der Waals surface area contributed by atoms with Gasteiger partial charge in [-0.25, -0.2) is 0 Å². The molecule has 20 heavy (non-hydrogen) atoms. The molecule has 2 atom stereocenters. The molecule has 1 aliphatic carbocycles. The number of carbonyl (C=O) groups excluding carboxylic acids is 1. The Morgan fingerprint density at radius 2 is 2.20 bits per heavy atom. The zero-order chi connectivity index (χ0) is 13.8. The van der Waals surface area contributed by atoms with Crippen molar-refractivity contribution in [2.45, 2.75) is 45.1 Å². The summed E-state index contributed by atoms with van der Waals surface area (Å²) in [6.45, 7) is 2.27. The molecule has 1 aromatic rings. The Morgan fingerprint density at radius 3 is 2.80 bits per heavy atom. The fourth-order valence-electron chi connectivity index (χ4n) is 2.78. The fraction of sp³-hybridized carbons (Fsp3) is 0.600. The van der Waals surface area contributed by atoms with Crippen molar-refractivity contribution in [2.24, 2.45) is 5.92 Å². The summed E-state index contributed by atoms with van der Waals surface area (Å²) >= 11 is 0. The number of anilines is 1. The maximum atomic E-state index is 12.3. The zero-order valence-corrected chi connectivity index (χ0v) is 13.0. The van der Waals surface area contributed by atoms with Crippen LogP contribution in [0.3, 0.4) is 0 Å². The summed E-state index contributed by atoms with van der Waals surface area (Å²) < 4.78 is 0. The van der Waals surface area contributed by atoms with Gasteiger partial charge in [0.05, 0.1) is 18.3 Å². The molecule has 1 aliphatic rings. The molecule has 2 N–H and O–H groups in total. The van der Waals surface area contributed by atoms with E-state index in [1.54, 1.807) is 12.3 Å². The summed E-state index contributed by atoms with van der Waals surface area (Å²) in [5.74, 6) is 0.875. The van der Waals surface area contributed by atoms with Crippen LogP contribution >= 0.6 is 12.4 Å². The van der Waals surface area contributed by atoms with E-state index in [1.807, 2.05) is 18.0 Å². The molecule has 2 rings (SSSR count). The lowest BCUT2D eigenvalue weighted by molar-refractivity contribution is -0.132. The second-order valence-corrected chi connectivity index (χ2v) is 5.69. The van der Waals surface area contributed by atoms with Gasteiger partial charge in [-0.15, -0.1) is 12.4 Å². The van der Waals surface area contributed by atoms with Gasteiger partial charge in [0.1, 0.15) is 0 Å². The molecule has 1 amide bonds. The summed E-state index contributed by atoms with van der Waals surface area (Å²) in [4.78, 5) is 18.4. The molecule has 1 aromatic heterocycles. The van der Waals surface area contributed by atoms with Crippen molar-refractivity contribution in [1.29, 1.82) is 0 Å². The van der Waals surface area contributed by atoms with E-state index in [-0.39, 0.29) is 18.3 Å². The van der Waals surface area contributed by atoms with Crippen LogP contribution in [0.5, 0.6) is 0 Å². The zero-order valence-electron chi connectivity index (χ0n) is 12.2. The molecule has 0 radical (unpaired) electrons. The molecule has 2 unspecified atom stereocenters. The van der Waals surface area contributed by atoms with Crippen molar-refractivity contribution in [3.8, 4) is 0 Å². The molecule has 0 spiro atoms. The Bertz CT molecular complexity index is 435. The Labute approximate surface area is 127 Å². The third-order valence-electron chi connectivity index (χ3n) is 4.03. The topological polar surface area (TPSA) is 59.2 Å². The van der Waals surface area contributed by atoms with Gasteiger partial charge in [-0.3, -0.25) is 9.78 Å². The second kappa shape index (κ2) is 7.48. The minimum absolute atomic E-state index is 0. The quantitative estimate of drug-likeness (QED) is 0.933. The number of nitrogens with two attached hydrogens (primary N) is 1. The molecular weight excluding hydrogens is 274 g/mol. The van der Waals surface area contributed by atoms with E-state index in [4.69, 9.17) is 5.73 Å². The van der Waals surface area contributed by atoms with E-state index in [1.165, 1.54) is 12.8 Å². The molecule has 0 aliphatic heterocycles. The molecule has 4 nitrogen and oxygen atoms in total. The van der Waals surface area contributed by atoms with Crippen molar-refractivity contribution in [1.82, 2.24) is 9.88 Å². The number of halogens is 1. The van der Waals surface area contributed by atoms with Gasteiger partial charge < -0.3 is 10.6 Å². The van der Waals surface area contributed by atoms with Gasteiger partial charge in [0.15, 0.2) is 0 Å². The minimum atomic E-state index is 0. The van der Waals surface area contributed by atoms with E-state index in [9.17, 15) is 4.79 Å². The maximum Gasteiger partial charge on any atom is 0.228 e. The van der Waals surface area contributed by atoms with Crippen LogP contribution in [-0.4, -0.2) is 28.9 Å². The van der Waals surface area contributed by atoms with Gasteiger partial charge >= 0.3 is 0 Å². The van der Waals surface area contributed by atoms with Crippen LogP contribution in [0.2, 0.25) is 0 Å². The number of carbonyl (C=O) groups is 1. The second-order valence-electron chi connectivity index (χ2n) is 5.69. The highest BCUT2D eigenvalue weighted by Gasteiger charge is 2.25. The van der Waals surface area contributed by atoms with Crippen molar-refractivity contribution >= 4 is 24.0 Å². The number of rotatable bonds is 3. The van der Waals surface area contributed by atoms with Crippen molar-refractivity contribution < 1.29 is 4.79 Å². The number of pyridine rings is 1. The molecule has 5 heteroatoms. The van der Waals surface area contributed by atoms with Gasteiger partial charge in [-0.1, -0.05) is 19.8 Å². The number of nitrogens with zero attached hydrogens (tertiary/aromatic N) is 2. The number of amides is 1. The smallest absolute Gasteiger partial charge is 0.228 e. The van der Waals surface area contributed by atoms with E-state index >= 15 is 0 Å². The van der Waals surface area contributed by atoms with Crippen molar-refractivity contribution in [2.75, 3.05) is 12.8 Å². The lowest BCUT2D eigenvalue weighted by atomic mass is 9.86. The molecule has 0 saturated heterocycles. The Kier molecular flexibility index (Phi) is 6.27. The van der Waals surface area contributed by atoms with Crippen LogP contribution in [0, 0.1) is 5.92 Å². The van der Waals surface area contributed by atoms with Gasteiger partial charge in [0, 0.05) is 18.8 Å². The van der Waals surface area contributed by atoms with Crippen LogP contribution in [-0.2, 0) is 11.2 Å². The number of nitrogen functional groups attached to an aromatic ring is 1. The predicted octanol–water partition coefficient (Wildman–Crippen LogP) is 2.67. The molecule has 1 fully saturated rings. The summed E-state index contributed by atoms with van der Waals surface area (Å²) in [7, 11) is 1.92. The minimum Gasteiger partial charge on any atom is -0.397 e. The highest BCUT2D eigenvalue weighted by atomic mass is 35.5. The fourth-order valence-corrected chi connectivity index (χ4v) is 2.78. The first-order valence-corrected chi connectivity index (χ1v) is 7.02. The molecule has 0 bridgehead atoms. The number of likely N-dealkylation sites (N-methyl/N-ethyl adjacent to an activating group) is 1. The van der Waals surface area contributed by atoms with Gasteiger partial charge in [-0.2, -0.15) is 0 Å². The summed E-state index contributed by atoms with van der Waals surface area (Å²) in [6.07, 6.45) is 6.73. The number of aromatic nitrogens is 1. The Balaban J connectivity index is 0.00000200. The van der Waals surface area contributed by atoms with Crippen LogP contribution < -0.4 is 5.73 Å². The van der Waals surface area contributed by atoms with Crippen LogP contribution in [0.15, 0.2) is 18.3 Å². The van der Waals surface area contributed by atoms with E-state index in [2.05, 4.69) is 11.9 Å². The highest BCUT2D eigenvalue weighted by Crippen LogP contribution is 2.26. The maximum absolute atomic E-state index is 12.3. The summed E-state index contributed by atoms with van der Waals surface area (Å²) in [6, 6.07) is 4.01. The highest BCUT2D eigenvalue weighted by molar-refractivity contribution is 5.85. The standard InChI is InChI=1S/C15H23N3O.ClH/c1-11-4-3-5-14(8-11)18(2)15(19)9-13-7-6-12(16)10-17-13;/h6-7,10-11,14H,3-5,8-9,16H2,1-2H3;1H. The normalized spacial score (nSPS) is 21.9. The monoisotopic (exact) mass is 297 g/mol. The summed E-state index contributed by atoms with van der Waals surface area (Å²) in [5, 5.41) is 0. The number of hydrogen-bond acceptors (Lipinski definition) is 3. The van der Waals surface area contributed by atoms with Crippen LogP contribution in [0.1, 0.15) is 38.3 Å². The molecule has 112 valence electrons. The third-order valence-corrected chi connectivity index (χ3v) is 4.03. The molecule has 0 aromatic carbocycles. The van der Waals surface area contributed by atoms with E-state index < -0.39 is 0 Å². The number of hydrogen-bond donors (Lipinski definition) is 1. The summed E-state index contributed by atoms with van der Waals surface area (Å²) in [5.41, 5.74) is 7.01. The average Bonchev–Trinajstić information content (AvgIpc) is 2.40. The first kappa shape index (κ1) is 16.8. The lowest BCUT2D eigenvalue weighted by Crippen LogP contribution is -2.40. The van der Waals surface area contributed by atoms with Gasteiger partial charge in [-0.05, 0) is 30.9 Å². The SMILES string of the molecule is CC1CCCC(N(C)C(=O)Cc2ccc(N)cn2)C1.Cl. The lowest BCUT2D eigenvalue weighted by Gasteiger charge is -2.34. The first-order valence-electron chi connectivity index (χ1n) is 7.02.